The van der Waals surface area contributed by atoms with Crippen LogP contribution in [-0.2, 0) is 4.79 Å². The Kier molecular flexibility index (Phi) is 20.0. The predicted octanol–water partition coefficient (Wildman–Crippen LogP) is 5.66. The van der Waals surface area contributed by atoms with Crippen LogP contribution in [0.3, 0.4) is 0 Å². The zero-order valence-corrected chi connectivity index (χ0v) is 16.6. The monoisotopic (exact) mass is 350 g/mol. The Hall–Kier alpha value is -1.09. The molecule has 3 N–H and O–H groups in total. The van der Waals surface area contributed by atoms with Gasteiger partial charge in [-0.15, -0.1) is 0 Å². The second-order valence-electron chi connectivity index (χ2n) is 6.83. The lowest BCUT2D eigenvalue weighted by Crippen LogP contribution is -2.24. The molecule has 1 amide bonds. The van der Waals surface area contributed by atoms with E-state index in [9.17, 15) is 4.79 Å². The van der Waals surface area contributed by atoms with Crippen LogP contribution in [0.1, 0.15) is 96.8 Å². The molecule has 0 spiro atoms. The first-order valence-corrected chi connectivity index (χ1v) is 10.6. The minimum Gasteiger partial charge on any atom is -0.356 e. The average Bonchev–Trinajstić information content (AvgIpc) is 2.62. The van der Waals surface area contributed by atoms with Crippen LogP contribution in [0.15, 0.2) is 24.3 Å². The van der Waals surface area contributed by atoms with Crippen molar-refractivity contribution >= 4 is 5.91 Å². The Bertz CT molecular complexity index is 337. The molecule has 0 aromatic heterocycles. The summed E-state index contributed by atoms with van der Waals surface area (Å²) in [5.74, 6) is 0.197. The van der Waals surface area contributed by atoms with E-state index >= 15 is 0 Å². The number of carbonyl (C=O) groups is 1. The fraction of sp³-hybridized carbons (Fsp3) is 0.773. The summed E-state index contributed by atoms with van der Waals surface area (Å²) in [4.78, 5) is 11.6. The van der Waals surface area contributed by atoms with Crippen LogP contribution in [0.25, 0.3) is 0 Å². The summed E-state index contributed by atoms with van der Waals surface area (Å²) >= 11 is 0. The molecule has 0 aromatic rings. The SMILES string of the molecule is CCCCC/C=C/C/C=C/CCCCCCCC(=O)NCCCCN. The van der Waals surface area contributed by atoms with Crippen LogP contribution in [-0.4, -0.2) is 19.0 Å². The maximum absolute atomic E-state index is 11.6. The molecule has 0 bridgehead atoms. The smallest absolute Gasteiger partial charge is 0.219 e. The van der Waals surface area contributed by atoms with Gasteiger partial charge in [-0.1, -0.05) is 63.3 Å². The van der Waals surface area contributed by atoms with E-state index in [1.54, 1.807) is 0 Å². The number of unbranched alkanes of at least 4 members (excludes halogenated alkanes) is 9. The lowest BCUT2D eigenvalue weighted by Gasteiger charge is -2.04. The van der Waals surface area contributed by atoms with Crippen molar-refractivity contribution in [3.05, 3.63) is 24.3 Å². The van der Waals surface area contributed by atoms with Crippen LogP contribution in [0.5, 0.6) is 0 Å². The number of nitrogens with two attached hydrogens (primary N) is 1. The average molecular weight is 351 g/mol. The fourth-order valence-corrected chi connectivity index (χ4v) is 2.68. The fourth-order valence-electron chi connectivity index (χ4n) is 2.68. The summed E-state index contributed by atoms with van der Waals surface area (Å²) in [7, 11) is 0. The van der Waals surface area contributed by atoms with Crippen LogP contribution < -0.4 is 11.1 Å². The third-order valence-corrected chi connectivity index (χ3v) is 4.31. The van der Waals surface area contributed by atoms with Crippen molar-refractivity contribution in [3.8, 4) is 0 Å². The summed E-state index contributed by atoms with van der Waals surface area (Å²) in [6.45, 7) is 3.73. The maximum atomic E-state index is 11.6. The standard InChI is InChI=1S/C22H42N2O/c1-2-3-4-5-6-7-8-9-10-11-12-13-14-15-16-19-22(25)24-21-18-17-20-23/h6-7,9-10H,2-5,8,11-21,23H2,1H3,(H,24,25)/b7-6+,10-9+. The third kappa shape index (κ3) is 20.9. The third-order valence-electron chi connectivity index (χ3n) is 4.31. The number of rotatable bonds is 18. The number of nitrogens with one attached hydrogen (secondary N) is 1. The molecular weight excluding hydrogens is 308 g/mol. The molecule has 3 nitrogen and oxygen atoms in total. The topological polar surface area (TPSA) is 55.1 Å². The van der Waals surface area contributed by atoms with Gasteiger partial charge in [-0.25, -0.2) is 0 Å². The first-order chi connectivity index (χ1) is 12.3. The van der Waals surface area contributed by atoms with Gasteiger partial charge in [0, 0.05) is 13.0 Å². The zero-order chi connectivity index (χ0) is 18.4. The molecule has 0 fully saturated rings. The first kappa shape index (κ1) is 23.9. The highest BCUT2D eigenvalue weighted by Crippen LogP contribution is 2.08. The quantitative estimate of drug-likeness (QED) is 0.248. The number of hydrogen-bond acceptors (Lipinski definition) is 2. The Balaban J connectivity index is 3.25. The van der Waals surface area contributed by atoms with Gasteiger partial charge in [0.15, 0.2) is 0 Å². The van der Waals surface area contributed by atoms with Gasteiger partial charge in [0.05, 0.1) is 0 Å². The van der Waals surface area contributed by atoms with E-state index in [2.05, 4.69) is 36.5 Å². The van der Waals surface area contributed by atoms with Gasteiger partial charge >= 0.3 is 0 Å². The predicted molar refractivity (Wildman–Crippen MR) is 111 cm³/mol. The largest absolute Gasteiger partial charge is 0.356 e. The van der Waals surface area contributed by atoms with E-state index in [0.717, 1.165) is 32.2 Å². The summed E-state index contributed by atoms with van der Waals surface area (Å²) in [6, 6.07) is 0. The van der Waals surface area contributed by atoms with Gasteiger partial charge in [-0.05, 0) is 57.9 Å². The highest BCUT2D eigenvalue weighted by molar-refractivity contribution is 5.75. The van der Waals surface area contributed by atoms with Crippen molar-refractivity contribution in [1.29, 1.82) is 0 Å². The van der Waals surface area contributed by atoms with Gasteiger partial charge in [-0.2, -0.15) is 0 Å². The second kappa shape index (κ2) is 21.0. The van der Waals surface area contributed by atoms with Crippen molar-refractivity contribution in [2.24, 2.45) is 5.73 Å². The van der Waals surface area contributed by atoms with Gasteiger partial charge in [0.25, 0.3) is 0 Å². The minimum absolute atomic E-state index is 0.197. The molecule has 0 heterocycles. The Labute approximate surface area is 156 Å². The van der Waals surface area contributed by atoms with Crippen LogP contribution in [0.4, 0.5) is 0 Å². The lowest BCUT2D eigenvalue weighted by molar-refractivity contribution is -0.121. The number of amides is 1. The molecule has 0 saturated carbocycles. The Morgan fingerprint density at radius 1 is 0.800 bits per heavy atom. The molecule has 0 aliphatic carbocycles. The molecular formula is C22H42N2O. The first-order valence-electron chi connectivity index (χ1n) is 10.6. The van der Waals surface area contributed by atoms with E-state index in [1.165, 1.54) is 57.8 Å². The van der Waals surface area contributed by atoms with Gasteiger partial charge < -0.3 is 11.1 Å². The van der Waals surface area contributed by atoms with E-state index in [1.807, 2.05) is 0 Å². The van der Waals surface area contributed by atoms with Crippen molar-refractivity contribution in [1.82, 2.24) is 5.32 Å². The van der Waals surface area contributed by atoms with Gasteiger partial charge in [-0.3, -0.25) is 4.79 Å². The van der Waals surface area contributed by atoms with Crippen molar-refractivity contribution < 1.29 is 4.79 Å². The molecule has 3 heteroatoms. The van der Waals surface area contributed by atoms with Crippen LogP contribution >= 0.6 is 0 Å². The van der Waals surface area contributed by atoms with Crippen molar-refractivity contribution in [2.75, 3.05) is 13.1 Å². The van der Waals surface area contributed by atoms with Gasteiger partial charge in [0.2, 0.25) is 5.91 Å². The summed E-state index contributed by atoms with van der Waals surface area (Å²) in [5, 5.41) is 2.96. The van der Waals surface area contributed by atoms with Crippen LogP contribution in [0, 0.1) is 0 Å². The molecule has 0 radical (unpaired) electrons. The Morgan fingerprint density at radius 3 is 2.12 bits per heavy atom. The minimum atomic E-state index is 0.197. The highest BCUT2D eigenvalue weighted by atomic mass is 16.1. The summed E-state index contributed by atoms with van der Waals surface area (Å²) in [5.41, 5.74) is 5.42. The molecule has 0 unspecified atom stereocenters. The lowest BCUT2D eigenvalue weighted by atomic mass is 10.1. The zero-order valence-electron chi connectivity index (χ0n) is 16.6. The molecule has 0 aliphatic rings. The van der Waals surface area contributed by atoms with Gasteiger partial charge in [0.1, 0.15) is 0 Å². The summed E-state index contributed by atoms with van der Waals surface area (Å²) < 4.78 is 0. The molecule has 0 atom stereocenters. The normalized spacial score (nSPS) is 11.6. The number of carbonyl (C=O) groups excluding carboxylic acids is 1. The molecule has 25 heavy (non-hydrogen) atoms. The number of allylic oxidation sites excluding steroid dienone is 4. The molecule has 0 saturated heterocycles. The maximum Gasteiger partial charge on any atom is 0.219 e. The van der Waals surface area contributed by atoms with E-state index in [4.69, 9.17) is 5.73 Å². The summed E-state index contributed by atoms with van der Waals surface area (Å²) in [6.07, 6.45) is 25.3. The van der Waals surface area contributed by atoms with E-state index in [0.29, 0.717) is 13.0 Å². The highest BCUT2D eigenvalue weighted by Gasteiger charge is 1.99. The second-order valence-corrected chi connectivity index (χ2v) is 6.83. The Morgan fingerprint density at radius 2 is 1.44 bits per heavy atom. The van der Waals surface area contributed by atoms with Crippen molar-refractivity contribution in [3.63, 3.8) is 0 Å². The number of hydrogen-bond donors (Lipinski definition) is 2. The van der Waals surface area contributed by atoms with E-state index in [-0.39, 0.29) is 5.91 Å². The van der Waals surface area contributed by atoms with Crippen molar-refractivity contribution in [2.45, 2.75) is 96.8 Å². The van der Waals surface area contributed by atoms with E-state index < -0.39 is 0 Å². The molecule has 0 aromatic carbocycles. The molecule has 0 aliphatic heterocycles. The molecule has 0 rings (SSSR count). The van der Waals surface area contributed by atoms with Crippen LogP contribution in [0.2, 0.25) is 0 Å². The molecule has 146 valence electrons.